The maximum atomic E-state index is 6.41. The number of aromatic nitrogens is 3. The monoisotopic (exact) mass is 793 g/mol. The molecule has 62 heavy (non-hydrogen) atoms. The number of para-hydroxylation sites is 2. The van der Waals surface area contributed by atoms with Crippen molar-refractivity contribution in [2.75, 3.05) is 0 Å². The summed E-state index contributed by atoms with van der Waals surface area (Å²) in [5.74, 6) is 1.74. The van der Waals surface area contributed by atoms with Gasteiger partial charge in [0.05, 0.1) is 0 Å². The van der Waals surface area contributed by atoms with Crippen LogP contribution in [0.1, 0.15) is 0 Å². The van der Waals surface area contributed by atoms with Gasteiger partial charge in [0.15, 0.2) is 17.5 Å². The first-order chi connectivity index (χ1) is 30.7. The number of furan rings is 2. The minimum Gasteiger partial charge on any atom is -0.456 e. The van der Waals surface area contributed by atoms with E-state index in [4.69, 9.17) is 23.8 Å². The molecule has 0 atom stereocenters. The van der Waals surface area contributed by atoms with E-state index >= 15 is 0 Å². The smallest absolute Gasteiger partial charge is 0.164 e. The molecule has 0 amide bonds. The standard InChI is InChI=1S/C57H35N3O2/c1-3-16-36(17-4-1)38-20-13-21-39(32-38)55-58-56(60-57(59-55)46-23-8-7-22-43(46)37-18-5-2-6-19-37)42-34-40(44-26-14-30-51-53(44)47-24-9-11-28-49(47)61-51)33-41(35-42)45-27-15-31-52-54(45)48-25-10-12-29-50(48)62-52/h1-35H. The van der Waals surface area contributed by atoms with Crippen LogP contribution in [0.3, 0.4) is 0 Å². The van der Waals surface area contributed by atoms with Gasteiger partial charge >= 0.3 is 0 Å². The fourth-order valence-corrected chi connectivity index (χ4v) is 8.87. The Hall–Kier alpha value is -8.41. The van der Waals surface area contributed by atoms with Crippen LogP contribution in [0.5, 0.6) is 0 Å². The zero-order valence-corrected chi connectivity index (χ0v) is 33.4. The van der Waals surface area contributed by atoms with Gasteiger partial charge in [-0.1, -0.05) is 164 Å². The van der Waals surface area contributed by atoms with E-state index in [1.807, 2.05) is 54.6 Å². The zero-order chi connectivity index (χ0) is 41.0. The number of hydrogen-bond donors (Lipinski definition) is 0. The van der Waals surface area contributed by atoms with Gasteiger partial charge in [0.25, 0.3) is 0 Å². The van der Waals surface area contributed by atoms with Gasteiger partial charge in [-0.25, -0.2) is 15.0 Å². The van der Waals surface area contributed by atoms with Crippen LogP contribution in [0.15, 0.2) is 221 Å². The molecule has 5 heteroatoms. The highest BCUT2D eigenvalue weighted by Crippen LogP contribution is 2.43. The normalized spacial score (nSPS) is 11.5. The van der Waals surface area contributed by atoms with Crippen molar-refractivity contribution in [3.8, 4) is 78.7 Å². The topological polar surface area (TPSA) is 65.0 Å². The van der Waals surface area contributed by atoms with Crippen LogP contribution in [-0.2, 0) is 0 Å². The molecule has 12 rings (SSSR count). The van der Waals surface area contributed by atoms with Gasteiger partial charge in [0, 0.05) is 38.2 Å². The van der Waals surface area contributed by atoms with Crippen molar-refractivity contribution in [3.05, 3.63) is 212 Å². The predicted molar refractivity (Wildman–Crippen MR) is 252 cm³/mol. The average Bonchev–Trinajstić information content (AvgIpc) is 3.93. The van der Waals surface area contributed by atoms with Crippen LogP contribution < -0.4 is 0 Å². The van der Waals surface area contributed by atoms with Crippen LogP contribution in [0.25, 0.3) is 123 Å². The number of benzene rings is 9. The van der Waals surface area contributed by atoms with Crippen LogP contribution in [0.2, 0.25) is 0 Å². The number of nitrogens with zero attached hydrogens (tertiary/aromatic N) is 3. The third kappa shape index (κ3) is 6.14. The van der Waals surface area contributed by atoms with E-state index in [0.29, 0.717) is 17.5 Å². The van der Waals surface area contributed by atoms with Gasteiger partial charge in [0.2, 0.25) is 0 Å². The molecule has 0 bridgehead atoms. The third-order valence-corrected chi connectivity index (χ3v) is 11.7. The summed E-state index contributed by atoms with van der Waals surface area (Å²) in [5.41, 5.74) is 14.5. The van der Waals surface area contributed by atoms with E-state index in [-0.39, 0.29) is 0 Å². The largest absolute Gasteiger partial charge is 0.456 e. The van der Waals surface area contributed by atoms with Crippen molar-refractivity contribution in [2.24, 2.45) is 0 Å². The number of hydrogen-bond acceptors (Lipinski definition) is 5. The van der Waals surface area contributed by atoms with Gasteiger partial charge in [0.1, 0.15) is 22.3 Å². The quantitative estimate of drug-likeness (QED) is 0.161. The van der Waals surface area contributed by atoms with Crippen LogP contribution in [0.4, 0.5) is 0 Å². The van der Waals surface area contributed by atoms with Gasteiger partial charge in [-0.3, -0.25) is 0 Å². The molecule has 3 heterocycles. The lowest BCUT2D eigenvalue weighted by Crippen LogP contribution is -2.01. The van der Waals surface area contributed by atoms with E-state index in [2.05, 4.69) is 158 Å². The van der Waals surface area contributed by atoms with E-state index in [1.165, 1.54) is 0 Å². The Bertz CT molecular complexity index is 3510. The number of fused-ring (bicyclic) bond motifs is 6. The molecule has 0 aliphatic heterocycles. The SMILES string of the molecule is c1ccc(-c2cccc(-c3nc(-c4cc(-c5cccc6oc7ccccc7c56)cc(-c5cccc6oc7ccccc7c56)c4)nc(-c4ccccc4-c4ccccc4)n3)c2)cc1. The lowest BCUT2D eigenvalue weighted by Gasteiger charge is -2.15. The Balaban J connectivity index is 1.14. The zero-order valence-electron chi connectivity index (χ0n) is 33.4. The highest BCUT2D eigenvalue weighted by atomic mass is 16.3. The fourth-order valence-electron chi connectivity index (χ4n) is 8.87. The first-order valence-electron chi connectivity index (χ1n) is 20.8. The van der Waals surface area contributed by atoms with Crippen LogP contribution >= 0.6 is 0 Å². The molecule has 5 nitrogen and oxygen atoms in total. The van der Waals surface area contributed by atoms with Crippen molar-refractivity contribution in [1.82, 2.24) is 15.0 Å². The summed E-state index contributed by atoms with van der Waals surface area (Å²) in [7, 11) is 0. The summed E-state index contributed by atoms with van der Waals surface area (Å²) < 4.78 is 12.8. The lowest BCUT2D eigenvalue weighted by atomic mass is 9.92. The lowest BCUT2D eigenvalue weighted by molar-refractivity contribution is 0.668. The summed E-state index contributed by atoms with van der Waals surface area (Å²) in [6.45, 7) is 0. The van der Waals surface area contributed by atoms with Gasteiger partial charge in [-0.2, -0.15) is 0 Å². The Morgan fingerprint density at radius 2 is 0.645 bits per heavy atom. The summed E-state index contributed by atoms with van der Waals surface area (Å²) in [5, 5.41) is 4.25. The van der Waals surface area contributed by atoms with Crippen molar-refractivity contribution >= 4 is 43.9 Å². The molecule has 3 aromatic heterocycles. The van der Waals surface area contributed by atoms with Gasteiger partial charge in [-0.15, -0.1) is 0 Å². The number of rotatable bonds is 7. The second-order valence-corrected chi connectivity index (χ2v) is 15.5. The molecule has 0 saturated carbocycles. The molecular weight excluding hydrogens is 759 g/mol. The van der Waals surface area contributed by atoms with Gasteiger partial charge in [-0.05, 0) is 93.0 Å². The van der Waals surface area contributed by atoms with Crippen molar-refractivity contribution in [3.63, 3.8) is 0 Å². The molecule has 0 aliphatic rings. The average molecular weight is 794 g/mol. The minimum atomic E-state index is 0.564. The molecule has 0 spiro atoms. The highest BCUT2D eigenvalue weighted by molar-refractivity contribution is 6.15. The molecule has 0 radical (unpaired) electrons. The summed E-state index contributed by atoms with van der Waals surface area (Å²) in [6, 6.07) is 73.3. The molecule has 0 fully saturated rings. The Kier molecular flexibility index (Phi) is 8.42. The third-order valence-electron chi connectivity index (χ3n) is 11.7. The van der Waals surface area contributed by atoms with Crippen molar-refractivity contribution in [1.29, 1.82) is 0 Å². The first-order valence-corrected chi connectivity index (χ1v) is 20.8. The molecule has 290 valence electrons. The van der Waals surface area contributed by atoms with Crippen LogP contribution in [-0.4, -0.2) is 15.0 Å². The second kappa shape index (κ2) is 14.7. The molecule has 12 aromatic rings. The Labute approximate surface area is 357 Å². The first kappa shape index (κ1) is 35.5. The molecule has 9 aromatic carbocycles. The predicted octanol–water partition coefficient (Wildman–Crippen LogP) is 15.3. The Morgan fingerprint density at radius 3 is 1.27 bits per heavy atom. The van der Waals surface area contributed by atoms with E-state index in [0.717, 1.165) is 105 Å². The second-order valence-electron chi connectivity index (χ2n) is 15.5. The minimum absolute atomic E-state index is 0.564. The Morgan fingerprint density at radius 1 is 0.242 bits per heavy atom. The van der Waals surface area contributed by atoms with Gasteiger partial charge < -0.3 is 8.83 Å². The molecule has 0 unspecified atom stereocenters. The van der Waals surface area contributed by atoms with E-state index in [1.54, 1.807) is 0 Å². The fraction of sp³-hybridized carbons (Fsp3) is 0. The molecule has 0 saturated heterocycles. The van der Waals surface area contributed by atoms with E-state index < -0.39 is 0 Å². The summed E-state index contributed by atoms with van der Waals surface area (Å²) in [4.78, 5) is 16.0. The summed E-state index contributed by atoms with van der Waals surface area (Å²) in [6.07, 6.45) is 0. The maximum Gasteiger partial charge on any atom is 0.164 e. The van der Waals surface area contributed by atoms with Crippen molar-refractivity contribution in [2.45, 2.75) is 0 Å². The summed E-state index contributed by atoms with van der Waals surface area (Å²) >= 11 is 0. The molecule has 0 aliphatic carbocycles. The highest BCUT2D eigenvalue weighted by Gasteiger charge is 2.21. The maximum absolute atomic E-state index is 6.41. The van der Waals surface area contributed by atoms with E-state index in [9.17, 15) is 0 Å². The van der Waals surface area contributed by atoms with Crippen LogP contribution in [0, 0.1) is 0 Å². The molecular formula is C57H35N3O2. The molecule has 0 N–H and O–H groups in total. The van der Waals surface area contributed by atoms with Crippen molar-refractivity contribution < 1.29 is 8.83 Å².